The first kappa shape index (κ1) is 24.7. The van der Waals surface area contributed by atoms with Gasteiger partial charge in [-0.25, -0.2) is 4.98 Å². The number of nitrogens with one attached hydrogen (secondary N) is 2. The van der Waals surface area contributed by atoms with Crippen LogP contribution in [0.1, 0.15) is 49.4 Å². The highest BCUT2D eigenvalue weighted by molar-refractivity contribution is 5.54. The molecule has 1 atom stereocenters. The van der Waals surface area contributed by atoms with Crippen LogP contribution in [0.5, 0.6) is 11.5 Å². The number of benzene rings is 1. The number of nitrogens with two attached hydrogens (primary N) is 1. The number of rotatable bonds is 14. The summed E-state index contributed by atoms with van der Waals surface area (Å²) in [7, 11) is 3.59. The number of methoxy groups -OCH3 is 1. The smallest absolute Gasteiger partial charge is 0.222 e. The van der Waals surface area contributed by atoms with E-state index in [4.69, 9.17) is 15.2 Å². The van der Waals surface area contributed by atoms with Crippen LogP contribution in [-0.2, 0) is 6.42 Å². The zero-order chi connectivity index (χ0) is 22.6. The molecule has 2 aromatic rings. The first-order chi connectivity index (χ1) is 15.0. The number of anilines is 2. The number of aliphatic hydroxyl groups is 1. The van der Waals surface area contributed by atoms with Gasteiger partial charge in [-0.1, -0.05) is 19.4 Å². The molecule has 8 nitrogen and oxygen atoms in total. The third-order valence-electron chi connectivity index (χ3n) is 5.15. The number of aliphatic hydroxyl groups excluding tert-OH is 1. The summed E-state index contributed by atoms with van der Waals surface area (Å²) in [5.41, 5.74) is 8.73. The van der Waals surface area contributed by atoms with Gasteiger partial charge in [-0.2, -0.15) is 4.98 Å². The van der Waals surface area contributed by atoms with E-state index in [-0.39, 0.29) is 18.6 Å². The van der Waals surface area contributed by atoms with Gasteiger partial charge in [0.1, 0.15) is 17.3 Å². The van der Waals surface area contributed by atoms with E-state index in [0.717, 1.165) is 54.1 Å². The normalized spacial score (nSPS) is 11.9. The van der Waals surface area contributed by atoms with Gasteiger partial charge in [-0.15, -0.1) is 0 Å². The summed E-state index contributed by atoms with van der Waals surface area (Å²) in [5, 5.41) is 16.0. The largest absolute Gasteiger partial charge is 0.496 e. The van der Waals surface area contributed by atoms with Gasteiger partial charge in [-0.3, -0.25) is 0 Å². The Morgan fingerprint density at radius 3 is 2.71 bits per heavy atom. The van der Waals surface area contributed by atoms with Crippen LogP contribution in [0.3, 0.4) is 0 Å². The number of hydrogen-bond donors (Lipinski definition) is 4. The molecule has 2 rings (SSSR count). The minimum atomic E-state index is 0.121. The van der Waals surface area contributed by atoms with Crippen molar-refractivity contribution in [1.82, 2.24) is 15.3 Å². The zero-order valence-electron chi connectivity index (χ0n) is 19.2. The van der Waals surface area contributed by atoms with Crippen LogP contribution in [0.15, 0.2) is 18.2 Å². The van der Waals surface area contributed by atoms with Crippen LogP contribution in [0.4, 0.5) is 11.8 Å². The average Bonchev–Trinajstić information content (AvgIpc) is 2.74. The molecule has 0 bridgehead atoms. The molecule has 0 saturated carbocycles. The summed E-state index contributed by atoms with van der Waals surface area (Å²) < 4.78 is 11.5. The molecule has 0 amide bonds. The molecule has 172 valence electrons. The molecule has 5 N–H and O–H groups in total. The maximum atomic E-state index is 9.41. The molecule has 0 spiro atoms. The lowest BCUT2D eigenvalue weighted by Crippen LogP contribution is -2.23. The Hall–Kier alpha value is -2.58. The van der Waals surface area contributed by atoms with E-state index in [1.165, 1.54) is 0 Å². The standard InChI is InChI=1S/C23H37N5O3/c1-5-7-18(10-12-29)27-22-20(16(2)26-23(24)28-22)14-17-8-9-19(15-21(17)30-4)31-13-6-11-25-3/h8-9,15,18,25,29H,5-7,10-14H2,1-4H3,(H3,24,26,27,28). The van der Waals surface area contributed by atoms with E-state index >= 15 is 0 Å². The molecule has 0 radical (unpaired) electrons. The monoisotopic (exact) mass is 431 g/mol. The summed E-state index contributed by atoms with van der Waals surface area (Å²) >= 11 is 0. The SMILES string of the molecule is CCCC(CCO)Nc1nc(N)nc(C)c1Cc1ccc(OCCCNC)cc1OC. The second kappa shape index (κ2) is 13.0. The number of ether oxygens (including phenoxy) is 2. The van der Waals surface area contributed by atoms with Gasteiger partial charge in [0.05, 0.1) is 13.7 Å². The molecule has 0 aliphatic carbocycles. The lowest BCUT2D eigenvalue weighted by Gasteiger charge is -2.21. The van der Waals surface area contributed by atoms with Gasteiger partial charge in [0.15, 0.2) is 0 Å². The number of aromatic nitrogens is 2. The molecule has 1 unspecified atom stereocenters. The van der Waals surface area contributed by atoms with Crippen molar-refractivity contribution >= 4 is 11.8 Å². The highest BCUT2D eigenvalue weighted by Crippen LogP contribution is 2.30. The van der Waals surface area contributed by atoms with E-state index in [0.29, 0.717) is 25.3 Å². The van der Waals surface area contributed by atoms with Gasteiger partial charge < -0.3 is 30.9 Å². The lowest BCUT2D eigenvalue weighted by molar-refractivity contribution is 0.276. The third-order valence-corrected chi connectivity index (χ3v) is 5.15. The van der Waals surface area contributed by atoms with Crippen LogP contribution >= 0.6 is 0 Å². The van der Waals surface area contributed by atoms with Crippen molar-refractivity contribution in [2.75, 3.05) is 45.0 Å². The summed E-state index contributed by atoms with van der Waals surface area (Å²) in [6.07, 6.45) is 4.13. The fraction of sp³-hybridized carbons (Fsp3) is 0.565. The van der Waals surface area contributed by atoms with E-state index in [1.807, 2.05) is 32.2 Å². The highest BCUT2D eigenvalue weighted by Gasteiger charge is 2.17. The van der Waals surface area contributed by atoms with E-state index in [2.05, 4.69) is 27.5 Å². The third kappa shape index (κ3) is 7.56. The zero-order valence-corrected chi connectivity index (χ0v) is 19.2. The molecule has 31 heavy (non-hydrogen) atoms. The second-order valence-electron chi connectivity index (χ2n) is 7.59. The molecule has 0 aliphatic heterocycles. The average molecular weight is 432 g/mol. The molecule has 8 heteroatoms. The Kier molecular flexibility index (Phi) is 10.3. The van der Waals surface area contributed by atoms with Crippen LogP contribution in [0.25, 0.3) is 0 Å². The summed E-state index contributed by atoms with van der Waals surface area (Å²) in [5.74, 6) is 2.49. The van der Waals surface area contributed by atoms with Crippen molar-refractivity contribution < 1.29 is 14.6 Å². The van der Waals surface area contributed by atoms with Gasteiger partial charge in [0.25, 0.3) is 0 Å². The Bertz CT molecular complexity index is 810. The van der Waals surface area contributed by atoms with Gasteiger partial charge in [0.2, 0.25) is 5.95 Å². The van der Waals surface area contributed by atoms with Crippen molar-refractivity contribution in [3.63, 3.8) is 0 Å². The summed E-state index contributed by atoms with van der Waals surface area (Å²) in [4.78, 5) is 8.83. The summed E-state index contributed by atoms with van der Waals surface area (Å²) in [6, 6.07) is 6.02. The Labute approximate surface area is 185 Å². The van der Waals surface area contributed by atoms with E-state index < -0.39 is 0 Å². The predicted molar refractivity (Wildman–Crippen MR) is 125 cm³/mol. The molecule has 0 saturated heterocycles. The van der Waals surface area contributed by atoms with Crippen LogP contribution in [0.2, 0.25) is 0 Å². The topological polar surface area (TPSA) is 115 Å². The number of nitrogens with zero attached hydrogens (tertiary/aromatic N) is 2. The summed E-state index contributed by atoms with van der Waals surface area (Å²) in [6.45, 7) is 5.74. The molecule has 1 heterocycles. The maximum absolute atomic E-state index is 9.41. The Morgan fingerprint density at radius 1 is 1.23 bits per heavy atom. The Balaban J connectivity index is 2.26. The van der Waals surface area contributed by atoms with Gasteiger partial charge >= 0.3 is 0 Å². The minimum Gasteiger partial charge on any atom is -0.496 e. The predicted octanol–water partition coefficient (Wildman–Crippen LogP) is 2.92. The fourth-order valence-corrected chi connectivity index (χ4v) is 3.53. The van der Waals surface area contributed by atoms with Crippen molar-refractivity contribution in [3.05, 3.63) is 35.0 Å². The maximum Gasteiger partial charge on any atom is 0.222 e. The molecular formula is C23H37N5O3. The van der Waals surface area contributed by atoms with Crippen molar-refractivity contribution in [2.24, 2.45) is 0 Å². The minimum absolute atomic E-state index is 0.121. The van der Waals surface area contributed by atoms with Crippen molar-refractivity contribution in [1.29, 1.82) is 0 Å². The highest BCUT2D eigenvalue weighted by atomic mass is 16.5. The van der Waals surface area contributed by atoms with Gasteiger partial charge in [-0.05, 0) is 51.4 Å². The van der Waals surface area contributed by atoms with Crippen molar-refractivity contribution in [2.45, 2.75) is 52.0 Å². The first-order valence-electron chi connectivity index (χ1n) is 11.0. The van der Waals surface area contributed by atoms with Gasteiger partial charge in [0, 0.05) is 36.4 Å². The van der Waals surface area contributed by atoms with Crippen LogP contribution < -0.4 is 25.8 Å². The lowest BCUT2D eigenvalue weighted by atomic mass is 10.0. The van der Waals surface area contributed by atoms with E-state index in [1.54, 1.807) is 7.11 Å². The molecule has 1 aromatic heterocycles. The Morgan fingerprint density at radius 2 is 2.03 bits per heavy atom. The first-order valence-corrected chi connectivity index (χ1v) is 11.0. The quantitative estimate of drug-likeness (QED) is 0.338. The number of nitrogen functional groups attached to an aromatic ring is 1. The molecule has 0 aliphatic rings. The number of aryl methyl sites for hydroxylation is 1. The van der Waals surface area contributed by atoms with Crippen molar-refractivity contribution in [3.8, 4) is 11.5 Å². The second-order valence-corrected chi connectivity index (χ2v) is 7.59. The molecule has 0 fully saturated rings. The fourth-order valence-electron chi connectivity index (χ4n) is 3.53. The van der Waals surface area contributed by atoms with Crippen LogP contribution in [-0.4, -0.2) is 55.0 Å². The molecular weight excluding hydrogens is 394 g/mol. The van der Waals surface area contributed by atoms with E-state index in [9.17, 15) is 5.11 Å². The number of hydrogen-bond acceptors (Lipinski definition) is 8. The molecule has 1 aromatic carbocycles. The van der Waals surface area contributed by atoms with Crippen LogP contribution in [0, 0.1) is 6.92 Å².